The molecule has 4 bridgehead atoms. The third-order valence-corrected chi connectivity index (χ3v) is 8.13. The number of aromatic nitrogens is 2. The van der Waals surface area contributed by atoms with Crippen LogP contribution in [0.2, 0.25) is 0 Å². The van der Waals surface area contributed by atoms with Crippen molar-refractivity contribution in [2.45, 2.75) is 71.2 Å². The number of hydrogen-bond donors (Lipinski definition) is 3. The topological polar surface area (TPSA) is 113 Å². The van der Waals surface area contributed by atoms with Gasteiger partial charge in [0, 0.05) is 49.2 Å². The van der Waals surface area contributed by atoms with Crippen molar-refractivity contribution >= 4 is 5.91 Å². The molecule has 2 aromatic heterocycles. The lowest BCUT2D eigenvalue weighted by atomic mass is 9.99. The number of fused-ring (bicyclic) bond motifs is 4. The number of nitrogens with one attached hydrogen (secondary N) is 2. The van der Waals surface area contributed by atoms with Gasteiger partial charge in [0.15, 0.2) is 0 Å². The van der Waals surface area contributed by atoms with E-state index < -0.39 is 18.0 Å². The van der Waals surface area contributed by atoms with Crippen molar-refractivity contribution in [1.29, 1.82) is 0 Å². The number of nitrogens with zero attached hydrogens (tertiary/aromatic N) is 3. The highest BCUT2D eigenvalue weighted by molar-refractivity contribution is 5.95. The van der Waals surface area contributed by atoms with Crippen molar-refractivity contribution < 1.29 is 23.4 Å². The summed E-state index contributed by atoms with van der Waals surface area (Å²) in [7, 11) is 0. The molecule has 2 atom stereocenters. The third kappa shape index (κ3) is 9.45. The van der Waals surface area contributed by atoms with Crippen molar-refractivity contribution in [1.82, 2.24) is 25.5 Å². The van der Waals surface area contributed by atoms with Crippen LogP contribution < -0.4 is 15.4 Å². The van der Waals surface area contributed by atoms with E-state index in [1.54, 1.807) is 24.5 Å². The van der Waals surface area contributed by atoms with Crippen LogP contribution in [0, 0.1) is 5.82 Å². The number of carbonyl (C=O) groups is 1. The van der Waals surface area contributed by atoms with E-state index >= 15 is 0 Å². The number of oxazole rings is 1. The number of amides is 1. The molecule has 3 N–H and O–H groups in total. The number of carbonyl (C=O) groups excluding carboxylic acids is 1. The van der Waals surface area contributed by atoms with E-state index in [1.165, 1.54) is 18.4 Å². The molecule has 0 saturated heterocycles. The Morgan fingerprint density at radius 3 is 2.72 bits per heavy atom. The van der Waals surface area contributed by atoms with Crippen molar-refractivity contribution in [3.8, 4) is 17.2 Å². The van der Waals surface area contributed by atoms with E-state index in [4.69, 9.17) is 9.15 Å². The van der Waals surface area contributed by atoms with E-state index in [1.807, 2.05) is 18.3 Å². The van der Waals surface area contributed by atoms with Crippen LogP contribution in [0.25, 0.3) is 11.5 Å². The number of aryl methyl sites for hydroxylation is 1. The first-order chi connectivity index (χ1) is 22.4. The highest BCUT2D eigenvalue weighted by Gasteiger charge is 2.24. The highest BCUT2D eigenvalue weighted by Crippen LogP contribution is 2.24. The second kappa shape index (κ2) is 16.4. The van der Waals surface area contributed by atoms with E-state index in [2.05, 4.69) is 45.4 Å². The molecule has 5 rings (SSSR count). The fraction of sp³-hybridized carbons (Fsp3) is 0.417. The van der Waals surface area contributed by atoms with Crippen LogP contribution in [-0.2, 0) is 25.9 Å². The zero-order chi connectivity index (χ0) is 32.3. The van der Waals surface area contributed by atoms with E-state index in [9.17, 15) is 14.3 Å². The molecule has 2 unspecified atom stereocenters. The molecule has 2 aromatic carbocycles. The lowest BCUT2D eigenvalue weighted by Gasteiger charge is -2.25. The maximum atomic E-state index is 14.7. The van der Waals surface area contributed by atoms with Gasteiger partial charge in [0.05, 0.1) is 24.9 Å². The summed E-state index contributed by atoms with van der Waals surface area (Å²) in [6, 6.07) is 11.6. The maximum absolute atomic E-state index is 14.7. The number of pyridine rings is 1. The average molecular weight is 630 g/mol. The first-order valence-corrected chi connectivity index (χ1v) is 16.2. The lowest BCUT2D eigenvalue weighted by Crippen LogP contribution is -2.48. The van der Waals surface area contributed by atoms with Gasteiger partial charge in [-0.05, 0) is 97.8 Å². The molecular formula is C36H44FN5O4. The number of aliphatic hydroxyl groups excluding tert-OH is 1. The summed E-state index contributed by atoms with van der Waals surface area (Å²) in [6.07, 6.45) is 9.55. The van der Waals surface area contributed by atoms with Gasteiger partial charge in [0.25, 0.3) is 5.91 Å². The Bertz CT molecular complexity index is 1560. The monoisotopic (exact) mass is 629 g/mol. The predicted molar refractivity (Wildman–Crippen MR) is 175 cm³/mol. The van der Waals surface area contributed by atoms with Crippen LogP contribution in [-0.4, -0.2) is 64.3 Å². The Balaban J connectivity index is 1.44. The van der Waals surface area contributed by atoms with Crippen molar-refractivity contribution in [3.05, 3.63) is 101 Å². The molecule has 4 aromatic rings. The summed E-state index contributed by atoms with van der Waals surface area (Å²) < 4.78 is 26.3. The quantitative estimate of drug-likeness (QED) is 0.228. The van der Waals surface area contributed by atoms with Gasteiger partial charge >= 0.3 is 0 Å². The van der Waals surface area contributed by atoms with Gasteiger partial charge < -0.3 is 24.9 Å². The van der Waals surface area contributed by atoms with Gasteiger partial charge in [0.1, 0.15) is 17.8 Å². The second-order valence-corrected chi connectivity index (χ2v) is 11.9. The Morgan fingerprint density at radius 2 is 1.91 bits per heavy atom. The normalized spacial score (nSPS) is 17.1. The Kier molecular flexibility index (Phi) is 11.9. The second-order valence-electron chi connectivity index (χ2n) is 11.9. The number of ether oxygens (including phenoxy) is 1. The lowest BCUT2D eigenvalue weighted by molar-refractivity contribution is 0.0829. The molecule has 3 heterocycles. The molecule has 0 radical (unpaired) electrons. The van der Waals surface area contributed by atoms with Gasteiger partial charge in [-0.2, -0.15) is 0 Å². The van der Waals surface area contributed by atoms with Gasteiger partial charge in [-0.3, -0.25) is 14.7 Å². The van der Waals surface area contributed by atoms with Crippen molar-refractivity contribution in [3.63, 3.8) is 0 Å². The van der Waals surface area contributed by atoms with E-state index in [0.29, 0.717) is 48.0 Å². The fourth-order valence-electron chi connectivity index (χ4n) is 5.82. The van der Waals surface area contributed by atoms with Crippen molar-refractivity contribution in [2.75, 3.05) is 26.2 Å². The molecule has 1 aliphatic heterocycles. The summed E-state index contributed by atoms with van der Waals surface area (Å²) in [4.78, 5) is 24.9. The minimum atomic E-state index is -0.976. The van der Waals surface area contributed by atoms with Crippen molar-refractivity contribution in [2.24, 2.45) is 0 Å². The largest absolute Gasteiger partial charge is 0.493 e. The number of rotatable bonds is 9. The van der Waals surface area contributed by atoms with Crippen LogP contribution in [0.3, 0.4) is 0 Å². The summed E-state index contributed by atoms with van der Waals surface area (Å²) in [5.74, 6) is 0.0882. The number of halogens is 1. The summed E-state index contributed by atoms with van der Waals surface area (Å²) in [6.45, 7) is 7.81. The highest BCUT2D eigenvalue weighted by atomic mass is 19.1. The van der Waals surface area contributed by atoms with Gasteiger partial charge in [-0.25, -0.2) is 9.37 Å². The molecule has 1 aliphatic rings. The molecule has 0 fully saturated rings. The smallest absolute Gasteiger partial charge is 0.251 e. The zero-order valence-corrected chi connectivity index (χ0v) is 26.7. The van der Waals surface area contributed by atoms with E-state index in [-0.39, 0.29) is 18.9 Å². The van der Waals surface area contributed by atoms with Gasteiger partial charge in [0.2, 0.25) is 5.89 Å². The molecule has 0 aliphatic carbocycles. The molecule has 46 heavy (non-hydrogen) atoms. The van der Waals surface area contributed by atoms with Gasteiger partial charge in [-0.15, -0.1) is 0 Å². The minimum absolute atomic E-state index is 0.201. The first-order valence-electron chi connectivity index (χ1n) is 16.2. The number of aliphatic hydroxyl groups is 1. The minimum Gasteiger partial charge on any atom is -0.493 e. The summed E-state index contributed by atoms with van der Waals surface area (Å²) in [5, 5.41) is 17.8. The first kappa shape index (κ1) is 33.2. The predicted octanol–water partition coefficient (Wildman–Crippen LogP) is 5.31. The third-order valence-electron chi connectivity index (χ3n) is 8.13. The van der Waals surface area contributed by atoms with E-state index in [0.717, 1.165) is 55.5 Å². The molecule has 244 valence electrons. The molecule has 9 nitrogen and oxygen atoms in total. The Morgan fingerprint density at radius 1 is 1.07 bits per heavy atom. The van der Waals surface area contributed by atoms with Crippen LogP contribution in [0.1, 0.15) is 65.7 Å². The molecule has 1 amide bonds. The maximum Gasteiger partial charge on any atom is 0.251 e. The van der Waals surface area contributed by atoms with Crippen LogP contribution in [0.5, 0.6) is 5.75 Å². The number of hydrogen-bond acceptors (Lipinski definition) is 8. The summed E-state index contributed by atoms with van der Waals surface area (Å²) >= 11 is 0. The number of benzene rings is 2. The summed E-state index contributed by atoms with van der Waals surface area (Å²) in [5.41, 5.74) is 4.85. The van der Waals surface area contributed by atoms with Gasteiger partial charge in [-0.1, -0.05) is 19.9 Å². The van der Waals surface area contributed by atoms with Crippen LogP contribution >= 0.6 is 0 Å². The fourth-order valence-corrected chi connectivity index (χ4v) is 5.82. The standard InChI is InChI=1S/C36H44FN5O4/c1-3-8-42-9-5-6-10-45-32-16-26(15-31(37)19-32)17-33(34(43)23-39-22-28-12-25(4-2)20-38-21-28)41-35(44)29-13-27(24-42)14-30(18-29)36-40-7-11-46-36/h7,11-16,18-21,33-34,39,43H,3-6,8-10,17,22-24H2,1-2H3,(H,41,44). The van der Waals surface area contributed by atoms with Crippen LogP contribution in [0.15, 0.2) is 71.7 Å². The Labute approximate surface area is 270 Å². The molecule has 0 saturated carbocycles. The molecule has 0 spiro atoms. The molecular weight excluding hydrogens is 585 g/mol. The molecule has 10 heteroatoms. The zero-order valence-electron chi connectivity index (χ0n) is 26.7. The Hall–Kier alpha value is -4.12. The van der Waals surface area contributed by atoms with Crippen LogP contribution in [0.4, 0.5) is 4.39 Å². The SMILES string of the molecule is CCCN1CCCCOc2cc(F)cc(c2)CC(C(O)CNCc2cncc(CC)c2)NC(=O)c2cc(cc(-c3ncco3)c2)C1. The average Bonchev–Trinajstić information content (AvgIpc) is 3.59.